The van der Waals surface area contributed by atoms with Gasteiger partial charge < -0.3 is 45.4 Å². The van der Waals surface area contributed by atoms with Crippen LogP contribution in [0.25, 0.3) is 0 Å². The summed E-state index contributed by atoms with van der Waals surface area (Å²) in [5.74, 6) is -0.258. The van der Waals surface area contributed by atoms with Gasteiger partial charge in [-0.3, -0.25) is 4.79 Å². The Kier molecular flexibility index (Phi) is 29.9. The first kappa shape index (κ1) is 47.2. The van der Waals surface area contributed by atoms with Crippen molar-refractivity contribution in [3.05, 3.63) is 0 Å². The molecule has 0 saturated carbocycles. The summed E-state index contributed by atoms with van der Waals surface area (Å²) >= 11 is 0. The molecule has 298 valence electrons. The summed E-state index contributed by atoms with van der Waals surface area (Å²) in [5.41, 5.74) is 0. The van der Waals surface area contributed by atoms with Crippen LogP contribution in [0.1, 0.15) is 187 Å². The van der Waals surface area contributed by atoms with Gasteiger partial charge >= 0.3 is 0 Å². The van der Waals surface area contributed by atoms with Gasteiger partial charge in [0, 0.05) is 6.42 Å². The Morgan fingerprint density at radius 3 is 1.48 bits per heavy atom. The molecule has 2 unspecified atom stereocenters. The first-order valence-electron chi connectivity index (χ1n) is 20.8. The van der Waals surface area contributed by atoms with Crippen LogP contribution in [0.4, 0.5) is 0 Å². The molecule has 0 bridgehead atoms. The van der Waals surface area contributed by atoms with Crippen molar-refractivity contribution < 1.29 is 44.9 Å². The number of carbonyl (C=O) groups is 1. The van der Waals surface area contributed by atoms with Crippen LogP contribution in [0.15, 0.2) is 0 Å². The Balaban J connectivity index is 2.45. The molecule has 50 heavy (non-hydrogen) atoms. The average molecular weight is 718 g/mol. The van der Waals surface area contributed by atoms with Crippen molar-refractivity contribution in [2.45, 2.75) is 236 Å². The predicted molar refractivity (Wildman–Crippen MR) is 200 cm³/mol. The molecule has 10 heteroatoms. The van der Waals surface area contributed by atoms with Crippen molar-refractivity contribution in [3.63, 3.8) is 0 Å². The number of aliphatic hydroxyl groups is 6. The lowest BCUT2D eigenvalue weighted by atomic mass is 9.98. The van der Waals surface area contributed by atoms with Crippen LogP contribution in [0, 0.1) is 0 Å². The molecule has 1 saturated heterocycles. The van der Waals surface area contributed by atoms with Gasteiger partial charge in [0.15, 0.2) is 6.29 Å². The van der Waals surface area contributed by atoms with Gasteiger partial charge in [-0.25, -0.2) is 0 Å². The number of ether oxygens (including phenoxy) is 2. The molecule has 1 aliphatic rings. The second kappa shape index (κ2) is 31.7. The van der Waals surface area contributed by atoms with E-state index in [-0.39, 0.29) is 18.9 Å². The van der Waals surface area contributed by atoms with Crippen molar-refractivity contribution in [1.82, 2.24) is 5.32 Å². The third-order valence-corrected chi connectivity index (χ3v) is 10.3. The first-order chi connectivity index (χ1) is 24.3. The summed E-state index contributed by atoms with van der Waals surface area (Å²) in [4.78, 5) is 12.9. The molecule has 10 nitrogen and oxygen atoms in total. The van der Waals surface area contributed by atoms with E-state index in [2.05, 4.69) is 19.2 Å². The number of carbonyl (C=O) groups excluding carboxylic acids is 1. The standard InChI is InChI=1S/C40H79NO9/c1-3-5-7-9-11-13-15-16-17-19-20-22-24-26-28-33(43)36(45)32(31-49-40-39(48)38(47)37(46)34(30-42)50-40)41-35(44)29-27-25-23-21-18-14-12-10-8-6-4-2/h32-34,36-40,42-43,45-48H,3-31H2,1-2H3,(H,41,44)/t32-,33+,34+,36-,37-,38?,39?,40+/m0/s1. The molecule has 7 N–H and O–H groups in total. The maximum absolute atomic E-state index is 12.9. The fourth-order valence-corrected chi connectivity index (χ4v) is 6.84. The molecule has 0 aromatic carbocycles. The van der Waals surface area contributed by atoms with E-state index < -0.39 is 55.6 Å². The van der Waals surface area contributed by atoms with Gasteiger partial charge in [-0.05, 0) is 12.8 Å². The van der Waals surface area contributed by atoms with Crippen LogP contribution >= 0.6 is 0 Å². The second-order valence-corrected chi connectivity index (χ2v) is 14.9. The lowest BCUT2D eigenvalue weighted by Crippen LogP contribution is -2.60. The summed E-state index contributed by atoms with van der Waals surface area (Å²) in [6.45, 7) is 3.58. The Morgan fingerprint density at radius 2 is 1.04 bits per heavy atom. The molecule has 0 aliphatic carbocycles. The zero-order valence-electron chi connectivity index (χ0n) is 32.0. The maximum atomic E-state index is 12.9. The fraction of sp³-hybridized carbons (Fsp3) is 0.975. The third kappa shape index (κ3) is 22.3. The summed E-state index contributed by atoms with van der Waals surface area (Å²) < 4.78 is 11.1. The molecule has 1 rings (SSSR count). The zero-order chi connectivity index (χ0) is 36.8. The van der Waals surface area contributed by atoms with Crippen molar-refractivity contribution in [2.24, 2.45) is 0 Å². The minimum atomic E-state index is -1.60. The molecule has 1 aliphatic heterocycles. The molecule has 1 fully saturated rings. The molecular weight excluding hydrogens is 638 g/mol. The number of hydrogen-bond acceptors (Lipinski definition) is 9. The molecule has 0 spiro atoms. The van der Waals surface area contributed by atoms with Gasteiger partial charge in [-0.1, -0.05) is 168 Å². The molecule has 8 atom stereocenters. The molecular formula is C40H79NO9. The summed E-state index contributed by atoms with van der Waals surface area (Å²) in [6, 6.07) is -0.982. The van der Waals surface area contributed by atoms with Crippen molar-refractivity contribution in [3.8, 4) is 0 Å². The minimum Gasteiger partial charge on any atom is -0.394 e. The number of aliphatic hydroxyl groups excluding tert-OH is 6. The normalized spacial score (nSPS) is 22.8. The van der Waals surface area contributed by atoms with Crippen molar-refractivity contribution >= 4 is 5.91 Å². The van der Waals surface area contributed by atoms with Gasteiger partial charge in [-0.15, -0.1) is 0 Å². The lowest BCUT2D eigenvalue weighted by Gasteiger charge is -2.40. The van der Waals surface area contributed by atoms with Crippen LogP contribution in [-0.4, -0.2) is 98.7 Å². The summed E-state index contributed by atoms with van der Waals surface area (Å²) in [5, 5.41) is 64.9. The topological polar surface area (TPSA) is 169 Å². The van der Waals surface area contributed by atoms with Gasteiger partial charge in [-0.2, -0.15) is 0 Å². The molecule has 0 radical (unpaired) electrons. The van der Waals surface area contributed by atoms with E-state index >= 15 is 0 Å². The minimum absolute atomic E-state index is 0.258. The largest absolute Gasteiger partial charge is 0.394 e. The lowest BCUT2D eigenvalue weighted by molar-refractivity contribution is -0.303. The van der Waals surface area contributed by atoms with Gasteiger partial charge in [0.25, 0.3) is 0 Å². The molecule has 1 amide bonds. The fourth-order valence-electron chi connectivity index (χ4n) is 6.84. The summed E-state index contributed by atoms with van der Waals surface area (Å²) in [6.07, 6.45) is 21.1. The van der Waals surface area contributed by atoms with Gasteiger partial charge in [0.1, 0.15) is 30.5 Å². The van der Waals surface area contributed by atoms with E-state index in [4.69, 9.17) is 9.47 Å². The smallest absolute Gasteiger partial charge is 0.220 e. The maximum Gasteiger partial charge on any atom is 0.220 e. The molecule has 0 aromatic heterocycles. The predicted octanol–water partition coefficient (Wildman–Crippen LogP) is 6.58. The van der Waals surface area contributed by atoms with Crippen molar-refractivity contribution in [1.29, 1.82) is 0 Å². The van der Waals surface area contributed by atoms with Crippen LogP contribution in [0.3, 0.4) is 0 Å². The van der Waals surface area contributed by atoms with E-state index in [1.807, 2.05) is 0 Å². The Labute approximate surface area is 305 Å². The zero-order valence-corrected chi connectivity index (χ0v) is 32.0. The highest BCUT2D eigenvalue weighted by molar-refractivity contribution is 5.76. The van der Waals surface area contributed by atoms with Gasteiger partial charge in [0.05, 0.1) is 25.4 Å². The third-order valence-electron chi connectivity index (χ3n) is 10.3. The Morgan fingerprint density at radius 1 is 0.620 bits per heavy atom. The van der Waals surface area contributed by atoms with E-state index in [1.165, 1.54) is 116 Å². The van der Waals surface area contributed by atoms with Crippen molar-refractivity contribution in [2.75, 3.05) is 13.2 Å². The highest BCUT2D eigenvalue weighted by Crippen LogP contribution is 2.23. The average Bonchev–Trinajstić information content (AvgIpc) is 3.11. The summed E-state index contributed by atoms with van der Waals surface area (Å²) in [7, 11) is 0. The highest BCUT2D eigenvalue weighted by atomic mass is 16.7. The second-order valence-electron chi connectivity index (χ2n) is 14.9. The van der Waals surface area contributed by atoms with E-state index in [0.29, 0.717) is 6.42 Å². The highest BCUT2D eigenvalue weighted by Gasteiger charge is 2.44. The monoisotopic (exact) mass is 718 g/mol. The van der Waals surface area contributed by atoms with E-state index in [1.54, 1.807) is 0 Å². The first-order valence-corrected chi connectivity index (χ1v) is 20.8. The SMILES string of the molecule is CCCCCCCCCCCCCCCC[C@@H](O)[C@@H](O)[C@H](CO[C@@H]1O[C@H](CO)[C@H](O)C(O)C1O)NC(=O)CCCCCCCCCCCCC. The number of hydrogen-bond donors (Lipinski definition) is 7. The van der Waals surface area contributed by atoms with Crippen LogP contribution in [0.5, 0.6) is 0 Å². The van der Waals surface area contributed by atoms with E-state index in [9.17, 15) is 35.4 Å². The van der Waals surface area contributed by atoms with Gasteiger partial charge in [0.2, 0.25) is 5.91 Å². The quantitative estimate of drug-likeness (QED) is 0.0364. The van der Waals surface area contributed by atoms with E-state index in [0.717, 1.165) is 44.9 Å². The number of nitrogens with one attached hydrogen (secondary N) is 1. The molecule has 1 heterocycles. The number of rotatable bonds is 34. The number of amides is 1. The Bertz CT molecular complexity index is 773. The Hall–Kier alpha value is -0.850. The van der Waals surface area contributed by atoms with Crippen LogP contribution in [-0.2, 0) is 14.3 Å². The van der Waals surface area contributed by atoms with Crippen LogP contribution in [0.2, 0.25) is 0 Å². The van der Waals surface area contributed by atoms with Crippen LogP contribution < -0.4 is 5.32 Å². The number of unbranched alkanes of at least 4 members (excludes halogenated alkanes) is 23. The molecule has 0 aromatic rings.